The van der Waals surface area contributed by atoms with E-state index in [-0.39, 0.29) is 5.56 Å². The summed E-state index contributed by atoms with van der Waals surface area (Å²) in [5.74, 6) is -1.05. The van der Waals surface area contributed by atoms with Crippen molar-refractivity contribution in [1.82, 2.24) is 10.3 Å². The molecule has 0 aliphatic carbocycles. The van der Waals surface area contributed by atoms with Gasteiger partial charge in [-0.2, -0.15) is 0 Å². The number of thiazole rings is 1. The fourth-order valence-corrected chi connectivity index (χ4v) is 2.38. The standard InChI is InChI=1S/C12H12F2N2S/c1-15-10(7-11-16-5-6-17-11)12-8(13)3-2-4-9(12)14/h2-6,10,15H,7H2,1H3. The molecule has 1 aromatic carbocycles. The first-order valence-electron chi connectivity index (χ1n) is 5.22. The van der Waals surface area contributed by atoms with Crippen LogP contribution in [0.2, 0.25) is 0 Å². The molecule has 1 aromatic heterocycles. The lowest BCUT2D eigenvalue weighted by Crippen LogP contribution is -2.21. The van der Waals surface area contributed by atoms with Crippen LogP contribution < -0.4 is 5.32 Å². The minimum atomic E-state index is -0.527. The monoisotopic (exact) mass is 254 g/mol. The van der Waals surface area contributed by atoms with Crippen molar-refractivity contribution in [2.75, 3.05) is 7.05 Å². The molecule has 0 aliphatic rings. The molecule has 0 saturated carbocycles. The Bertz CT molecular complexity index is 465. The van der Waals surface area contributed by atoms with Crippen LogP contribution in [-0.2, 0) is 6.42 Å². The van der Waals surface area contributed by atoms with E-state index in [0.29, 0.717) is 6.42 Å². The van der Waals surface area contributed by atoms with Crippen molar-refractivity contribution < 1.29 is 8.78 Å². The Balaban J connectivity index is 2.29. The molecule has 1 unspecified atom stereocenters. The van der Waals surface area contributed by atoms with Crippen LogP contribution in [0, 0.1) is 11.6 Å². The van der Waals surface area contributed by atoms with Gasteiger partial charge >= 0.3 is 0 Å². The van der Waals surface area contributed by atoms with Crippen molar-refractivity contribution >= 4 is 11.3 Å². The number of rotatable bonds is 4. The molecule has 0 aliphatic heterocycles. The van der Waals surface area contributed by atoms with Gasteiger partial charge in [-0.15, -0.1) is 11.3 Å². The zero-order chi connectivity index (χ0) is 12.3. The Hall–Kier alpha value is -1.33. The molecule has 90 valence electrons. The lowest BCUT2D eigenvalue weighted by molar-refractivity contribution is 0.489. The van der Waals surface area contributed by atoms with Crippen LogP contribution in [0.5, 0.6) is 0 Å². The number of hydrogen-bond acceptors (Lipinski definition) is 3. The minimum Gasteiger partial charge on any atom is -0.312 e. The summed E-state index contributed by atoms with van der Waals surface area (Å²) in [5, 5.41) is 5.63. The highest BCUT2D eigenvalue weighted by atomic mass is 32.1. The van der Waals surface area contributed by atoms with Crippen molar-refractivity contribution in [1.29, 1.82) is 0 Å². The second-order valence-electron chi connectivity index (χ2n) is 3.61. The number of nitrogens with one attached hydrogen (secondary N) is 1. The van der Waals surface area contributed by atoms with Gasteiger partial charge in [0.05, 0.1) is 5.01 Å². The number of aromatic nitrogens is 1. The first kappa shape index (κ1) is 12.1. The molecule has 5 heteroatoms. The maximum absolute atomic E-state index is 13.6. The lowest BCUT2D eigenvalue weighted by Gasteiger charge is -2.16. The number of benzene rings is 1. The molecule has 2 nitrogen and oxygen atoms in total. The van der Waals surface area contributed by atoms with Gasteiger partial charge in [-0.1, -0.05) is 6.07 Å². The fourth-order valence-electron chi connectivity index (χ4n) is 1.72. The molecule has 1 N–H and O–H groups in total. The quantitative estimate of drug-likeness (QED) is 0.907. The zero-order valence-electron chi connectivity index (χ0n) is 9.28. The molecule has 17 heavy (non-hydrogen) atoms. The lowest BCUT2D eigenvalue weighted by atomic mass is 10.0. The molecule has 0 amide bonds. The van der Waals surface area contributed by atoms with Gasteiger partial charge in [-0.3, -0.25) is 0 Å². The predicted molar refractivity (Wildman–Crippen MR) is 64.0 cm³/mol. The number of halogens is 2. The average Bonchev–Trinajstić information content (AvgIpc) is 2.80. The highest BCUT2D eigenvalue weighted by molar-refractivity contribution is 7.09. The number of hydrogen-bond donors (Lipinski definition) is 1. The van der Waals surface area contributed by atoms with E-state index in [2.05, 4.69) is 10.3 Å². The average molecular weight is 254 g/mol. The Morgan fingerprint density at radius 1 is 1.35 bits per heavy atom. The molecule has 0 radical (unpaired) electrons. The number of likely N-dealkylation sites (N-methyl/N-ethyl adjacent to an activating group) is 1. The van der Waals surface area contributed by atoms with Crippen LogP contribution >= 0.6 is 11.3 Å². The van der Waals surface area contributed by atoms with Crippen LogP contribution in [-0.4, -0.2) is 12.0 Å². The molecule has 2 rings (SSSR count). The first-order valence-corrected chi connectivity index (χ1v) is 6.10. The molecule has 2 aromatic rings. The van der Waals surface area contributed by atoms with E-state index in [0.717, 1.165) is 5.01 Å². The van der Waals surface area contributed by atoms with Gasteiger partial charge in [-0.05, 0) is 19.2 Å². The summed E-state index contributed by atoms with van der Waals surface area (Å²) in [4.78, 5) is 4.12. The van der Waals surface area contributed by atoms with E-state index in [1.165, 1.54) is 29.5 Å². The summed E-state index contributed by atoms with van der Waals surface area (Å²) in [6, 6.07) is 3.50. The third kappa shape index (κ3) is 2.68. The third-order valence-corrected chi connectivity index (χ3v) is 3.36. The second kappa shape index (κ2) is 5.33. The van der Waals surface area contributed by atoms with Gasteiger partial charge in [0.15, 0.2) is 0 Å². The summed E-state index contributed by atoms with van der Waals surface area (Å²) in [6.45, 7) is 0. The van der Waals surface area contributed by atoms with Crippen molar-refractivity contribution in [2.24, 2.45) is 0 Å². The Morgan fingerprint density at radius 2 is 2.06 bits per heavy atom. The summed E-state index contributed by atoms with van der Waals surface area (Å²) in [6.07, 6.45) is 2.16. The van der Waals surface area contributed by atoms with E-state index in [1.54, 1.807) is 13.2 Å². The smallest absolute Gasteiger partial charge is 0.130 e. The van der Waals surface area contributed by atoms with Gasteiger partial charge in [0.2, 0.25) is 0 Å². The van der Waals surface area contributed by atoms with Gasteiger partial charge in [-0.25, -0.2) is 13.8 Å². The van der Waals surface area contributed by atoms with Crippen molar-refractivity contribution in [3.8, 4) is 0 Å². The van der Waals surface area contributed by atoms with Crippen LogP contribution in [0.3, 0.4) is 0 Å². The van der Waals surface area contributed by atoms with Crippen LogP contribution in [0.1, 0.15) is 16.6 Å². The largest absolute Gasteiger partial charge is 0.312 e. The second-order valence-corrected chi connectivity index (χ2v) is 4.59. The maximum atomic E-state index is 13.6. The molecular formula is C12H12F2N2S. The topological polar surface area (TPSA) is 24.9 Å². The maximum Gasteiger partial charge on any atom is 0.130 e. The Morgan fingerprint density at radius 3 is 2.59 bits per heavy atom. The highest BCUT2D eigenvalue weighted by Crippen LogP contribution is 2.24. The highest BCUT2D eigenvalue weighted by Gasteiger charge is 2.19. The van der Waals surface area contributed by atoms with Crippen molar-refractivity contribution in [3.05, 3.63) is 52.0 Å². The Kier molecular flexibility index (Phi) is 3.81. The molecule has 0 fully saturated rings. The number of nitrogens with zero attached hydrogens (tertiary/aromatic N) is 1. The third-order valence-electron chi connectivity index (χ3n) is 2.56. The first-order chi connectivity index (χ1) is 8.22. The van der Waals surface area contributed by atoms with Gasteiger partial charge in [0, 0.05) is 29.6 Å². The summed E-state index contributed by atoms with van der Waals surface area (Å²) in [7, 11) is 1.68. The summed E-state index contributed by atoms with van der Waals surface area (Å²) in [5.41, 5.74) is 0.0743. The predicted octanol–water partition coefficient (Wildman–Crippen LogP) is 2.92. The van der Waals surface area contributed by atoms with E-state index in [4.69, 9.17) is 0 Å². The zero-order valence-corrected chi connectivity index (χ0v) is 10.1. The van der Waals surface area contributed by atoms with Crippen molar-refractivity contribution in [3.63, 3.8) is 0 Å². The molecule has 0 bridgehead atoms. The molecule has 1 heterocycles. The van der Waals surface area contributed by atoms with E-state index in [9.17, 15) is 8.78 Å². The Labute approximate surface area is 102 Å². The SMILES string of the molecule is CNC(Cc1nccs1)c1c(F)cccc1F. The summed E-state index contributed by atoms with van der Waals surface area (Å²) >= 11 is 1.48. The van der Waals surface area contributed by atoms with Gasteiger partial charge in [0.25, 0.3) is 0 Å². The van der Waals surface area contributed by atoms with Gasteiger partial charge < -0.3 is 5.32 Å². The van der Waals surface area contributed by atoms with E-state index in [1.807, 2.05) is 5.38 Å². The molecule has 1 atom stereocenters. The molecular weight excluding hydrogens is 242 g/mol. The minimum absolute atomic E-state index is 0.0743. The van der Waals surface area contributed by atoms with Crippen LogP contribution in [0.25, 0.3) is 0 Å². The fraction of sp³-hybridized carbons (Fsp3) is 0.250. The van der Waals surface area contributed by atoms with E-state index >= 15 is 0 Å². The van der Waals surface area contributed by atoms with Gasteiger partial charge in [0.1, 0.15) is 11.6 Å². The van der Waals surface area contributed by atoms with Crippen molar-refractivity contribution in [2.45, 2.75) is 12.5 Å². The molecule has 0 saturated heterocycles. The van der Waals surface area contributed by atoms with Crippen LogP contribution in [0.4, 0.5) is 8.78 Å². The molecule has 0 spiro atoms. The van der Waals surface area contributed by atoms with Crippen LogP contribution in [0.15, 0.2) is 29.8 Å². The van der Waals surface area contributed by atoms with E-state index < -0.39 is 17.7 Å². The normalized spacial score (nSPS) is 12.6. The summed E-state index contributed by atoms with van der Waals surface area (Å²) < 4.78 is 27.2.